The lowest BCUT2D eigenvalue weighted by Gasteiger charge is -2.25. The van der Waals surface area contributed by atoms with Crippen molar-refractivity contribution in [1.29, 1.82) is 0 Å². The highest BCUT2D eigenvalue weighted by Gasteiger charge is 2.14. The number of hydrogen-bond donors (Lipinski definition) is 2. The van der Waals surface area contributed by atoms with Gasteiger partial charge < -0.3 is 10.6 Å². The lowest BCUT2D eigenvalue weighted by molar-refractivity contribution is 0.448. The van der Waals surface area contributed by atoms with Gasteiger partial charge in [0, 0.05) is 22.2 Å². The normalized spacial score (nSPS) is 11.5. The highest BCUT2D eigenvalue weighted by molar-refractivity contribution is 9.10. The molecule has 2 N–H and O–H groups in total. The largest absolute Gasteiger partial charge is 0.382 e. The molecule has 1 rings (SSSR count). The van der Waals surface area contributed by atoms with Gasteiger partial charge in [0.15, 0.2) is 0 Å². The molecule has 0 saturated heterocycles. The van der Waals surface area contributed by atoms with Crippen molar-refractivity contribution < 1.29 is 0 Å². The molecule has 0 radical (unpaired) electrons. The van der Waals surface area contributed by atoms with E-state index < -0.39 is 0 Å². The molecule has 0 aliphatic heterocycles. The van der Waals surface area contributed by atoms with E-state index in [1.165, 1.54) is 5.56 Å². The quantitative estimate of drug-likeness (QED) is 0.879. The SMILES string of the molecule is CNC(C)(C)CNc1ccc(C)cc1Br. The van der Waals surface area contributed by atoms with E-state index >= 15 is 0 Å². The summed E-state index contributed by atoms with van der Waals surface area (Å²) in [4.78, 5) is 0. The second kappa shape index (κ2) is 4.99. The molecule has 0 saturated carbocycles. The fourth-order valence-electron chi connectivity index (χ4n) is 1.17. The van der Waals surface area contributed by atoms with Crippen molar-refractivity contribution in [2.45, 2.75) is 26.3 Å². The summed E-state index contributed by atoms with van der Waals surface area (Å²) in [7, 11) is 1.98. The Kier molecular flexibility index (Phi) is 4.17. The van der Waals surface area contributed by atoms with Crippen LogP contribution in [0.3, 0.4) is 0 Å². The molecule has 0 aliphatic carbocycles. The van der Waals surface area contributed by atoms with Crippen LogP contribution in [0.25, 0.3) is 0 Å². The summed E-state index contributed by atoms with van der Waals surface area (Å²) >= 11 is 3.55. The molecule has 0 aromatic heterocycles. The van der Waals surface area contributed by atoms with Gasteiger partial charge in [-0.15, -0.1) is 0 Å². The van der Waals surface area contributed by atoms with Gasteiger partial charge >= 0.3 is 0 Å². The van der Waals surface area contributed by atoms with Gasteiger partial charge in [0.2, 0.25) is 0 Å². The van der Waals surface area contributed by atoms with Crippen molar-refractivity contribution >= 4 is 21.6 Å². The maximum Gasteiger partial charge on any atom is 0.0485 e. The van der Waals surface area contributed by atoms with Crippen molar-refractivity contribution in [2.24, 2.45) is 0 Å². The third-order valence-electron chi connectivity index (χ3n) is 2.52. The third-order valence-corrected chi connectivity index (χ3v) is 3.18. The molecule has 3 heteroatoms. The number of benzene rings is 1. The van der Waals surface area contributed by atoms with E-state index in [2.05, 4.69) is 65.5 Å². The van der Waals surface area contributed by atoms with Crippen LogP contribution < -0.4 is 10.6 Å². The Labute approximate surface area is 101 Å². The third kappa shape index (κ3) is 3.84. The summed E-state index contributed by atoms with van der Waals surface area (Å²) in [6.45, 7) is 7.32. The average molecular weight is 271 g/mol. The Morgan fingerprint density at radius 2 is 2.00 bits per heavy atom. The molecule has 2 nitrogen and oxygen atoms in total. The van der Waals surface area contributed by atoms with Crippen molar-refractivity contribution in [2.75, 3.05) is 18.9 Å². The molecule has 1 aromatic rings. The van der Waals surface area contributed by atoms with E-state index in [0.717, 1.165) is 16.7 Å². The number of likely N-dealkylation sites (N-methyl/N-ethyl adjacent to an activating group) is 1. The maximum absolute atomic E-state index is 3.55. The summed E-state index contributed by atoms with van der Waals surface area (Å²) in [6.07, 6.45) is 0. The second-order valence-corrected chi connectivity index (χ2v) is 5.33. The van der Waals surface area contributed by atoms with E-state index in [-0.39, 0.29) is 5.54 Å². The first kappa shape index (κ1) is 12.5. The Morgan fingerprint density at radius 3 is 2.53 bits per heavy atom. The molecule has 0 atom stereocenters. The molecule has 0 fully saturated rings. The summed E-state index contributed by atoms with van der Waals surface area (Å²) in [5.74, 6) is 0. The van der Waals surface area contributed by atoms with E-state index in [4.69, 9.17) is 0 Å². The monoisotopic (exact) mass is 270 g/mol. The first-order valence-corrected chi connectivity index (χ1v) is 5.93. The van der Waals surface area contributed by atoms with Crippen molar-refractivity contribution in [3.8, 4) is 0 Å². The molecule has 0 amide bonds. The van der Waals surface area contributed by atoms with Crippen LogP contribution in [-0.4, -0.2) is 19.1 Å². The highest BCUT2D eigenvalue weighted by Crippen LogP contribution is 2.23. The van der Waals surface area contributed by atoms with Crippen LogP contribution in [-0.2, 0) is 0 Å². The van der Waals surface area contributed by atoms with Gasteiger partial charge in [-0.2, -0.15) is 0 Å². The van der Waals surface area contributed by atoms with Crippen molar-refractivity contribution in [3.63, 3.8) is 0 Å². The Morgan fingerprint density at radius 1 is 1.33 bits per heavy atom. The van der Waals surface area contributed by atoms with Crippen LogP contribution in [0, 0.1) is 6.92 Å². The average Bonchev–Trinajstić information content (AvgIpc) is 2.16. The number of nitrogens with one attached hydrogen (secondary N) is 2. The summed E-state index contributed by atoms with van der Waals surface area (Å²) < 4.78 is 1.12. The molecule has 0 heterocycles. The van der Waals surface area contributed by atoms with Crippen LogP contribution in [0.15, 0.2) is 22.7 Å². The van der Waals surface area contributed by atoms with Gasteiger partial charge in [-0.25, -0.2) is 0 Å². The zero-order valence-corrected chi connectivity index (χ0v) is 11.4. The van der Waals surface area contributed by atoms with Crippen LogP contribution in [0.5, 0.6) is 0 Å². The summed E-state index contributed by atoms with van der Waals surface area (Å²) in [6, 6.07) is 6.33. The van der Waals surface area contributed by atoms with E-state index in [9.17, 15) is 0 Å². The van der Waals surface area contributed by atoms with Crippen LogP contribution in [0.1, 0.15) is 19.4 Å². The highest BCUT2D eigenvalue weighted by atomic mass is 79.9. The number of aryl methyl sites for hydroxylation is 1. The molecule has 0 spiro atoms. The fourth-order valence-corrected chi connectivity index (χ4v) is 1.80. The predicted molar refractivity (Wildman–Crippen MR) is 70.5 cm³/mol. The fraction of sp³-hybridized carbons (Fsp3) is 0.500. The first-order valence-electron chi connectivity index (χ1n) is 5.13. The maximum atomic E-state index is 3.55. The van der Waals surface area contributed by atoms with Crippen LogP contribution in [0.4, 0.5) is 5.69 Å². The number of halogens is 1. The van der Waals surface area contributed by atoms with E-state index in [1.807, 2.05) is 7.05 Å². The van der Waals surface area contributed by atoms with Crippen molar-refractivity contribution in [1.82, 2.24) is 5.32 Å². The molecule has 0 bridgehead atoms. The Hall–Kier alpha value is -0.540. The minimum absolute atomic E-state index is 0.102. The second-order valence-electron chi connectivity index (χ2n) is 4.47. The smallest absolute Gasteiger partial charge is 0.0485 e. The Bertz CT molecular complexity index is 334. The van der Waals surface area contributed by atoms with Gasteiger partial charge in [0.05, 0.1) is 0 Å². The molecule has 84 valence electrons. The van der Waals surface area contributed by atoms with E-state index in [1.54, 1.807) is 0 Å². The van der Waals surface area contributed by atoms with Crippen LogP contribution in [0.2, 0.25) is 0 Å². The van der Waals surface area contributed by atoms with Crippen molar-refractivity contribution in [3.05, 3.63) is 28.2 Å². The molecule has 0 unspecified atom stereocenters. The van der Waals surface area contributed by atoms with Gasteiger partial charge in [0.25, 0.3) is 0 Å². The molecule has 0 aliphatic rings. The molecular weight excluding hydrogens is 252 g/mol. The van der Waals surface area contributed by atoms with Gasteiger partial charge in [0.1, 0.15) is 0 Å². The predicted octanol–water partition coefficient (Wildman–Crippen LogP) is 3.17. The van der Waals surface area contributed by atoms with Gasteiger partial charge in [-0.05, 0) is 61.4 Å². The summed E-state index contributed by atoms with van der Waals surface area (Å²) in [5, 5.41) is 6.69. The van der Waals surface area contributed by atoms with Crippen LogP contribution >= 0.6 is 15.9 Å². The Balaban J connectivity index is 2.66. The lowest BCUT2D eigenvalue weighted by atomic mass is 10.1. The zero-order valence-electron chi connectivity index (χ0n) is 9.82. The van der Waals surface area contributed by atoms with Gasteiger partial charge in [-0.1, -0.05) is 6.07 Å². The lowest BCUT2D eigenvalue weighted by Crippen LogP contribution is -2.42. The molecule has 1 aromatic carbocycles. The zero-order chi connectivity index (χ0) is 11.5. The number of hydrogen-bond acceptors (Lipinski definition) is 2. The first-order chi connectivity index (χ1) is 6.94. The molecular formula is C12H19BrN2. The number of anilines is 1. The minimum atomic E-state index is 0.102. The minimum Gasteiger partial charge on any atom is -0.382 e. The number of rotatable bonds is 4. The van der Waals surface area contributed by atoms with Gasteiger partial charge in [-0.3, -0.25) is 0 Å². The standard InChI is InChI=1S/C12H19BrN2/c1-9-5-6-11(10(13)7-9)15-8-12(2,3)14-4/h5-7,14-15H,8H2,1-4H3. The molecule has 15 heavy (non-hydrogen) atoms. The topological polar surface area (TPSA) is 24.1 Å². The summed E-state index contributed by atoms with van der Waals surface area (Å²) in [5.41, 5.74) is 2.51. The van der Waals surface area contributed by atoms with E-state index in [0.29, 0.717) is 0 Å².